The van der Waals surface area contributed by atoms with E-state index in [2.05, 4.69) is 31.0 Å². The van der Waals surface area contributed by atoms with Crippen LogP contribution in [0.3, 0.4) is 0 Å². The first-order valence-corrected chi connectivity index (χ1v) is 8.71. The lowest BCUT2D eigenvalue weighted by atomic mass is 9.88. The molecule has 0 spiro atoms. The molecule has 0 aromatic carbocycles. The van der Waals surface area contributed by atoms with Crippen LogP contribution in [0.1, 0.15) is 45.4 Å². The Hall–Kier alpha value is -2.04. The molecule has 0 aromatic heterocycles. The lowest BCUT2D eigenvalue weighted by molar-refractivity contribution is -0.137. The molecule has 1 saturated heterocycles. The van der Waals surface area contributed by atoms with Crippen LogP contribution in [0.15, 0.2) is 35.5 Å². The third-order valence-electron chi connectivity index (χ3n) is 4.83. The van der Waals surface area contributed by atoms with Crippen LogP contribution in [0, 0.1) is 5.92 Å². The van der Waals surface area contributed by atoms with Gasteiger partial charge in [-0.3, -0.25) is 0 Å². The Morgan fingerprint density at radius 3 is 2.92 bits per heavy atom. The lowest BCUT2D eigenvalue weighted by Crippen LogP contribution is -2.27. The monoisotopic (exact) mass is 331 g/mol. The second-order valence-electron chi connectivity index (χ2n) is 6.95. The van der Waals surface area contributed by atoms with E-state index in [-0.39, 0.29) is 24.1 Å². The van der Waals surface area contributed by atoms with Crippen molar-refractivity contribution in [3.05, 3.63) is 35.5 Å². The van der Waals surface area contributed by atoms with Crippen molar-refractivity contribution < 1.29 is 19.1 Å². The number of amides is 1. The van der Waals surface area contributed by atoms with Gasteiger partial charge in [0.2, 0.25) is 0 Å². The highest BCUT2D eigenvalue weighted by molar-refractivity contribution is 5.91. The quantitative estimate of drug-likeness (QED) is 0.489. The van der Waals surface area contributed by atoms with E-state index in [0.717, 1.165) is 44.1 Å². The van der Waals surface area contributed by atoms with Crippen molar-refractivity contribution in [3.8, 4) is 0 Å². The van der Waals surface area contributed by atoms with E-state index >= 15 is 0 Å². The highest BCUT2D eigenvalue weighted by Gasteiger charge is 2.37. The Morgan fingerprint density at radius 2 is 2.17 bits per heavy atom. The minimum atomic E-state index is -0.340. The largest absolute Gasteiger partial charge is 0.454 e. The number of carbonyl (C=O) groups is 2. The topological polar surface area (TPSA) is 64.6 Å². The van der Waals surface area contributed by atoms with Gasteiger partial charge < -0.3 is 14.8 Å². The molecule has 1 amide bonds. The van der Waals surface area contributed by atoms with Gasteiger partial charge in [0, 0.05) is 17.5 Å². The summed E-state index contributed by atoms with van der Waals surface area (Å²) in [6.07, 6.45) is 9.12. The van der Waals surface area contributed by atoms with Crippen LogP contribution < -0.4 is 5.32 Å². The van der Waals surface area contributed by atoms with Crippen molar-refractivity contribution in [3.63, 3.8) is 0 Å². The lowest BCUT2D eigenvalue weighted by Gasteiger charge is -2.18. The molecule has 0 aromatic rings. The number of hydrogen-bond donors (Lipinski definition) is 1. The van der Waals surface area contributed by atoms with Gasteiger partial charge in [-0.05, 0) is 57.1 Å². The maximum atomic E-state index is 11.8. The van der Waals surface area contributed by atoms with Gasteiger partial charge in [-0.2, -0.15) is 0 Å². The standard InChI is InChI=1S/C19H25NO4/c1-12-4-3-5-14(11-23-19(22)20-15-7-8-15)6-9-16-13(2)18(21)24-17(16)10-12/h5,10,15-17H,2-4,6-9,11H2,1H3,(H,20,22)/b12-10?,14-5+/t16-,17+/m1/s1. The Bertz CT molecular complexity index is 600. The van der Waals surface area contributed by atoms with Gasteiger partial charge in [0.1, 0.15) is 12.7 Å². The highest BCUT2D eigenvalue weighted by atomic mass is 16.6. The molecule has 24 heavy (non-hydrogen) atoms. The van der Waals surface area contributed by atoms with Crippen LogP contribution in [0.4, 0.5) is 4.79 Å². The summed E-state index contributed by atoms with van der Waals surface area (Å²) in [5, 5.41) is 2.82. The molecule has 3 aliphatic rings. The van der Waals surface area contributed by atoms with Gasteiger partial charge in [0.25, 0.3) is 0 Å². The summed E-state index contributed by atoms with van der Waals surface area (Å²) in [7, 11) is 0. The van der Waals surface area contributed by atoms with Crippen molar-refractivity contribution in [2.24, 2.45) is 5.92 Å². The van der Waals surface area contributed by atoms with Gasteiger partial charge >= 0.3 is 12.1 Å². The van der Waals surface area contributed by atoms with E-state index in [0.29, 0.717) is 18.2 Å². The van der Waals surface area contributed by atoms with Crippen molar-refractivity contribution >= 4 is 12.1 Å². The first-order chi connectivity index (χ1) is 11.5. The minimum absolute atomic E-state index is 0.00856. The Morgan fingerprint density at radius 1 is 1.38 bits per heavy atom. The van der Waals surface area contributed by atoms with Crippen molar-refractivity contribution in [1.82, 2.24) is 5.32 Å². The normalized spacial score (nSPS) is 29.7. The van der Waals surface area contributed by atoms with Crippen molar-refractivity contribution in [2.75, 3.05) is 6.61 Å². The number of carbonyl (C=O) groups excluding carboxylic acids is 2. The number of ether oxygens (including phenoxy) is 2. The van der Waals surface area contributed by atoms with E-state index in [4.69, 9.17) is 9.47 Å². The predicted octanol–water partition coefficient (Wildman–Crippen LogP) is 3.42. The summed E-state index contributed by atoms with van der Waals surface area (Å²) in [5.41, 5.74) is 2.86. The molecule has 5 nitrogen and oxygen atoms in total. The van der Waals surface area contributed by atoms with Crippen LogP contribution in [-0.2, 0) is 14.3 Å². The molecule has 2 aliphatic carbocycles. The molecule has 130 valence electrons. The average molecular weight is 331 g/mol. The SMILES string of the molecule is C=C1C(=O)O[C@H]2C=C(C)CC/C=C(/COC(=O)NC3CC3)CC[C@H]12. The number of esters is 1. The third-order valence-corrected chi connectivity index (χ3v) is 4.83. The van der Waals surface area contributed by atoms with Gasteiger partial charge in [-0.25, -0.2) is 9.59 Å². The fourth-order valence-corrected chi connectivity index (χ4v) is 3.16. The van der Waals surface area contributed by atoms with Crippen LogP contribution >= 0.6 is 0 Å². The second-order valence-corrected chi connectivity index (χ2v) is 6.95. The number of hydrogen-bond acceptors (Lipinski definition) is 4. The Kier molecular flexibility index (Phi) is 5.07. The molecule has 0 radical (unpaired) electrons. The maximum Gasteiger partial charge on any atom is 0.407 e. The minimum Gasteiger partial charge on any atom is -0.454 e. The average Bonchev–Trinajstić information content (AvgIpc) is 3.30. The zero-order chi connectivity index (χ0) is 17.1. The van der Waals surface area contributed by atoms with Gasteiger partial charge in [0.05, 0.1) is 0 Å². The molecule has 2 atom stereocenters. The number of fused-ring (bicyclic) bond motifs is 1. The summed E-state index contributed by atoms with van der Waals surface area (Å²) in [6, 6.07) is 0.300. The van der Waals surface area contributed by atoms with Crippen molar-refractivity contribution in [1.29, 1.82) is 0 Å². The fourth-order valence-electron chi connectivity index (χ4n) is 3.16. The second kappa shape index (κ2) is 7.24. The molecule has 1 N–H and O–H groups in total. The first kappa shape index (κ1) is 16.8. The molecular weight excluding hydrogens is 306 g/mol. The predicted molar refractivity (Wildman–Crippen MR) is 90.3 cm³/mol. The van der Waals surface area contributed by atoms with Gasteiger partial charge in [-0.15, -0.1) is 0 Å². The van der Waals surface area contributed by atoms with E-state index in [1.54, 1.807) is 0 Å². The van der Waals surface area contributed by atoms with E-state index in [1.165, 1.54) is 5.57 Å². The molecule has 1 heterocycles. The summed E-state index contributed by atoms with van der Waals surface area (Å²) >= 11 is 0. The van der Waals surface area contributed by atoms with E-state index in [1.807, 2.05) is 0 Å². The zero-order valence-electron chi connectivity index (χ0n) is 14.2. The number of rotatable bonds is 3. The molecule has 0 unspecified atom stereocenters. The fraction of sp³-hybridized carbons (Fsp3) is 0.579. The van der Waals surface area contributed by atoms with Crippen LogP contribution in [0.25, 0.3) is 0 Å². The molecule has 0 bridgehead atoms. The summed E-state index contributed by atoms with van der Waals surface area (Å²) in [5.74, 6) is -0.284. The molecule has 3 rings (SSSR count). The molecule has 2 fully saturated rings. The van der Waals surface area contributed by atoms with Crippen LogP contribution in [-0.4, -0.2) is 30.8 Å². The number of nitrogens with one attached hydrogen (secondary N) is 1. The van der Waals surface area contributed by atoms with Crippen molar-refractivity contribution in [2.45, 2.75) is 57.6 Å². The van der Waals surface area contributed by atoms with Gasteiger partial charge in [0.15, 0.2) is 0 Å². The smallest absolute Gasteiger partial charge is 0.407 e. The molecule has 1 saturated carbocycles. The number of allylic oxidation sites excluding steroid dienone is 2. The third kappa shape index (κ3) is 4.28. The summed E-state index contributed by atoms with van der Waals surface area (Å²) in [4.78, 5) is 23.5. The zero-order valence-corrected chi connectivity index (χ0v) is 14.2. The maximum absolute atomic E-state index is 11.8. The van der Waals surface area contributed by atoms with Gasteiger partial charge in [-0.1, -0.05) is 18.2 Å². The summed E-state index contributed by atoms with van der Waals surface area (Å²) in [6.45, 7) is 6.25. The van der Waals surface area contributed by atoms with E-state index in [9.17, 15) is 9.59 Å². The highest BCUT2D eigenvalue weighted by Crippen LogP contribution is 2.34. The Balaban J connectivity index is 1.61. The summed E-state index contributed by atoms with van der Waals surface area (Å²) < 4.78 is 10.8. The van der Waals surface area contributed by atoms with E-state index < -0.39 is 0 Å². The first-order valence-electron chi connectivity index (χ1n) is 8.71. The Labute approximate surface area is 142 Å². The number of alkyl carbamates (subject to hydrolysis) is 1. The van der Waals surface area contributed by atoms with Crippen LogP contribution in [0.5, 0.6) is 0 Å². The molecule has 1 aliphatic heterocycles. The molecule has 5 heteroatoms. The van der Waals surface area contributed by atoms with Crippen LogP contribution in [0.2, 0.25) is 0 Å². The molecular formula is C19H25NO4.